The highest BCUT2D eigenvalue weighted by atomic mass is 16.2. The largest absolute Gasteiger partial charge is 0.369 e. The molecule has 1 aromatic carbocycles. The van der Waals surface area contributed by atoms with Gasteiger partial charge in [0, 0.05) is 18.8 Å². The van der Waals surface area contributed by atoms with Gasteiger partial charge >= 0.3 is 6.03 Å². The molecule has 19 heavy (non-hydrogen) atoms. The fourth-order valence-corrected chi connectivity index (χ4v) is 2.09. The molecule has 0 bridgehead atoms. The van der Waals surface area contributed by atoms with Gasteiger partial charge in [0.15, 0.2) is 0 Å². The monoisotopic (exact) mass is 260 g/mol. The zero-order valence-electron chi connectivity index (χ0n) is 11.2. The summed E-state index contributed by atoms with van der Waals surface area (Å²) in [6.45, 7) is 3.97. The number of piperidine rings is 1. The predicted molar refractivity (Wildman–Crippen MR) is 77.1 cm³/mol. The highest BCUT2D eigenvalue weighted by Crippen LogP contribution is 2.15. The molecule has 1 aromatic rings. The maximum Gasteiger partial charge on any atom is 0.348 e. The van der Waals surface area contributed by atoms with Crippen molar-refractivity contribution in [3.63, 3.8) is 0 Å². The predicted octanol–water partition coefficient (Wildman–Crippen LogP) is 2.27. The molecule has 1 heterocycles. The molecule has 3 N–H and O–H groups in total. The molecular weight excluding hydrogens is 240 g/mol. The molecule has 1 saturated heterocycles. The van der Waals surface area contributed by atoms with Crippen LogP contribution < -0.4 is 11.1 Å². The zero-order chi connectivity index (χ0) is 13.7. The van der Waals surface area contributed by atoms with E-state index in [0.717, 1.165) is 37.5 Å². The quantitative estimate of drug-likeness (QED) is 0.601. The molecule has 1 aliphatic heterocycles. The first-order valence-corrected chi connectivity index (χ1v) is 6.60. The number of amides is 2. The number of urea groups is 1. The molecule has 1 fully saturated rings. The minimum Gasteiger partial charge on any atom is -0.369 e. The van der Waals surface area contributed by atoms with Crippen molar-refractivity contribution in [1.29, 1.82) is 0 Å². The fourth-order valence-electron chi connectivity index (χ4n) is 2.09. The lowest BCUT2D eigenvalue weighted by Crippen LogP contribution is -2.43. The SMILES string of the molecule is CC1CCN(/C(N)=N/C(=O)Nc2ccccc2)CC1. The number of aliphatic imine (C=N–C) groups is 1. The highest BCUT2D eigenvalue weighted by molar-refractivity contribution is 5.98. The second-order valence-electron chi connectivity index (χ2n) is 4.94. The molecule has 5 nitrogen and oxygen atoms in total. The maximum atomic E-state index is 11.7. The molecular formula is C14H20N4O. The number of nitrogens with zero attached hydrogens (tertiary/aromatic N) is 2. The Morgan fingerprint density at radius 3 is 2.58 bits per heavy atom. The fraction of sp³-hybridized carbons (Fsp3) is 0.429. The summed E-state index contributed by atoms with van der Waals surface area (Å²) in [5, 5.41) is 2.69. The third-order valence-electron chi connectivity index (χ3n) is 3.35. The summed E-state index contributed by atoms with van der Waals surface area (Å²) >= 11 is 0. The summed E-state index contributed by atoms with van der Waals surface area (Å²) in [6, 6.07) is 8.80. The van der Waals surface area contributed by atoms with Crippen LogP contribution in [0, 0.1) is 5.92 Å². The Hall–Kier alpha value is -2.04. The van der Waals surface area contributed by atoms with Crippen LogP contribution in [0.5, 0.6) is 0 Å². The minimum absolute atomic E-state index is 0.306. The highest BCUT2D eigenvalue weighted by Gasteiger charge is 2.17. The average molecular weight is 260 g/mol. The standard InChI is InChI=1S/C14H20N4O/c1-11-7-9-18(10-8-11)13(15)17-14(19)16-12-5-3-2-4-6-12/h2-6,11H,7-10H2,1H3,(H3,15,16,17,19). The summed E-state index contributed by atoms with van der Waals surface area (Å²) in [7, 11) is 0. The summed E-state index contributed by atoms with van der Waals surface area (Å²) in [5.74, 6) is 1.03. The van der Waals surface area contributed by atoms with Crippen LogP contribution in [0.3, 0.4) is 0 Å². The molecule has 5 heteroatoms. The van der Waals surface area contributed by atoms with Gasteiger partial charge in [0.25, 0.3) is 0 Å². The third kappa shape index (κ3) is 3.98. The lowest BCUT2D eigenvalue weighted by molar-refractivity contribution is 0.257. The number of nitrogens with two attached hydrogens (primary N) is 1. The number of anilines is 1. The van der Waals surface area contributed by atoms with Crippen molar-refractivity contribution in [2.45, 2.75) is 19.8 Å². The molecule has 2 amide bonds. The lowest BCUT2D eigenvalue weighted by Gasteiger charge is -2.30. The number of guanidine groups is 1. The summed E-state index contributed by atoms with van der Waals surface area (Å²) in [4.78, 5) is 17.6. The van der Waals surface area contributed by atoms with E-state index in [1.807, 2.05) is 35.2 Å². The van der Waals surface area contributed by atoms with Crippen molar-refractivity contribution >= 4 is 17.7 Å². The number of carbonyl (C=O) groups excluding carboxylic acids is 1. The second-order valence-corrected chi connectivity index (χ2v) is 4.94. The number of benzene rings is 1. The second kappa shape index (κ2) is 6.22. The van der Waals surface area contributed by atoms with E-state index < -0.39 is 6.03 Å². The van der Waals surface area contributed by atoms with Gasteiger partial charge in [-0.3, -0.25) is 0 Å². The number of hydrogen-bond donors (Lipinski definition) is 2. The number of para-hydroxylation sites is 1. The minimum atomic E-state index is -0.428. The van der Waals surface area contributed by atoms with Gasteiger partial charge in [-0.05, 0) is 30.9 Å². The van der Waals surface area contributed by atoms with E-state index in [1.165, 1.54) is 0 Å². The Labute approximate surface area is 113 Å². The van der Waals surface area contributed by atoms with Crippen molar-refractivity contribution in [2.24, 2.45) is 16.6 Å². The van der Waals surface area contributed by atoms with Gasteiger partial charge in [0.05, 0.1) is 0 Å². The molecule has 0 aliphatic carbocycles. The Morgan fingerprint density at radius 1 is 1.32 bits per heavy atom. The van der Waals surface area contributed by atoms with Crippen molar-refractivity contribution in [3.8, 4) is 0 Å². The van der Waals surface area contributed by atoms with Crippen LogP contribution >= 0.6 is 0 Å². The van der Waals surface area contributed by atoms with Gasteiger partial charge in [-0.2, -0.15) is 4.99 Å². The summed E-state index contributed by atoms with van der Waals surface area (Å²) < 4.78 is 0. The Morgan fingerprint density at radius 2 is 1.95 bits per heavy atom. The van der Waals surface area contributed by atoms with Gasteiger partial charge in [0.2, 0.25) is 5.96 Å². The normalized spacial score (nSPS) is 17.3. The summed E-state index contributed by atoms with van der Waals surface area (Å²) in [5.41, 5.74) is 6.58. The van der Waals surface area contributed by atoms with Crippen LogP contribution in [-0.4, -0.2) is 30.0 Å². The Kier molecular flexibility index (Phi) is 4.39. The van der Waals surface area contributed by atoms with E-state index in [1.54, 1.807) is 0 Å². The molecule has 0 spiro atoms. The van der Waals surface area contributed by atoms with Gasteiger partial charge in [-0.25, -0.2) is 4.79 Å². The van der Waals surface area contributed by atoms with E-state index >= 15 is 0 Å². The Bertz CT molecular complexity index is 450. The van der Waals surface area contributed by atoms with Crippen molar-refractivity contribution in [3.05, 3.63) is 30.3 Å². The third-order valence-corrected chi connectivity index (χ3v) is 3.35. The van der Waals surface area contributed by atoms with Crippen molar-refractivity contribution in [2.75, 3.05) is 18.4 Å². The molecule has 102 valence electrons. The van der Waals surface area contributed by atoms with Crippen LogP contribution in [0.2, 0.25) is 0 Å². The van der Waals surface area contributed by atoms with Crippen LogP contribution in [0.4, 0.5) is 10.5 Å². The number of likely N-dealkylation sites (tertiary alicyclic amines) is 1. The van der Waals surface area contributed by atoms with E-state index in [0.29, 0.717) is 5.96 Å². The van der Waals surface area contributed by atoms with Crippen LogP contribution in [0.25, 0.3) is 0 Å². The van der Waals surface area contributed by atoms with Crippen LogP contribution in [0.15, 0.2) is 35.3 Å². The van der Waals surface area contributed by atoms with Crippen molar-refractivity contribution in [1.82, 2.24) is 4.90 Å². The van der Waals surface area contributed by atoms with E-state index in [9.17, 15) is 4.79 Å². The molecule has 0 unspecified atom stereocenters. The van der Waals surface area contributed by atoms with Gasteiger partial charge in [0.1, 0.15) is 0 Å². The van der Waals surface area contributed by atoms with Gasteiger partial charge in [-0.15, -0.1) is 0 Å². The lowest BCUT2D eigenvalue weighted by atomic mass is 10.00. The number of nitrogens with one attached hydrogen (secondary N) is 1. The van der Waals surface area contributed by atoms with Gasteiger partial charge < -0.3 is 16.0 Å². The van der Waals surface area contributed by atoms with E-state index in [-0.39, 0.29) is 0 Å². The van der Waals surface area contributed by atoms with E-state index in [2.05, 4.69) is 17.2 Å². The smallest absolute Gasteiger partial charge is 0.348 e. The molecule has 0 saturated carbocycles. The Balaban J connectivity index is 1.91. The molecule has 0 atom stereocenters. The number of hydrogen-bond acceptors (Lipinski definition) is 1. The van der Waals surface area contributed by atoms with Crippen LogP contribution in [0.1, 0.15) is 19.8 Å². The van der Waals surface area contributed by atoms with E-state index in [4.69, 9.17) is 5.73 Å². The first-order valence-electron chi connectivity index (χ1n) is 6.60. The van der Waals surface area contributed by atoms with Crippen molar-refractivity contribution < 1.29 is 4.79 Å². The molecule has 0 radical (unpaired) electrons. The number of carbonyl (C=O) groups is 1. The maximum absolute atomic E-state index is 11.7. The first kappa shape index (κ1) is 13.4. The average Bonchev–Trinajstić information content (AvgIpc) is 2.40. The van der Waals surface area contributed by atoms with Crippen LogP contribution in [-0.2, 0) is 0 Å². The first-order chi connectivity index (χ1) is 9.15. The zero-order valence-corrected chi connectivity index (χ0v) is 11.2. The molecule has 2 rings (SSSR count). The van der Waals surface area contributed by atoms with Gasteiger partial charge in [-0.1, -0.05) is 25.1 Å². The topological polar surface area (TPSA) is 70.7 Å². The number of rotatable bonds is 1. The summed E-state index contributed by atoms with van der Waals surface area (Å²) in [6.07, 6.45) is 2.19. The molecule has 1 aliphatic rings. The molecule has 0 aromatic heterocycles.